The third-order valence-electron chi connectivity index (χ3n) is 4.51. The minimum absolute atomic E-state index is 0.184. The molecule has 0 unspecified atom stereocenters. The zero-order valence-corrected chi connectivity index (χ0v) is 19.0. The first-order chi connectivity index (χ1) is 15.0. The quantitative estimate of drug-likeness (QED) is 0.337. The Labute approximate surface area is 194 Å². The maximum atomic E-state index is 12.6. The number of ether oxygens (including phenoxy) is 1. The van der Waals surface area contributed by atoms with Crippen LogP contribution in [-0.2, 0) is 13.2 Å². The van der Waals surface area contributed by atoms with Gasteiger partial charge in [-0.3, -0.25) is 9.48 Å². The van der Waals surface area contributed by atoms with Gasteiger partial charge in [0.25, 0.3) is 5.91 Å². The van der Waals surface area contributed by atoms with Crippen molar-refractivity contribution in [1.82, 2.24) is 9.78 Å². The minimum Gasteiger partial charge on any atom is -0.487 e. The van der Waals surface area contributed by atoms with Crippen molar-refractivity contribution >= 4 is 46.1 Å². The number of nitrogens with one attached hydrogen (secondary N) is 1. The molecule has 0 fully saturated rings. The molecule has 2 aromatic heterocycles. The highest BCUT2D eigenvalue weighted by Crippen LogP contribution is 2.27. The van der Waals surface area contributed by atoms with Gasteiger partial charge in [0.1, 0.15) is 12.4 Å². The normalized spacial score (nSPS) is 10.8. The Hall–Kier alpha value is -2.80. The summed E-state index contributed by atoms with van der Waals surface area (Å²) >= 11 is 13.5. The van der Waals surface area contributed by atoms with E-state index in [0.717, 1.165) is 16.7 Å². The fraction of sp³-hybridized carbons (Fsp3) is 0.130. The summed E-state index contributed by atoms with van der Waals surface area (Å²) in [5.41, 5.74) is 3.69. The number of aromatic nitrogens is 2. The summed E-state index contributed by atoms with van der Waals surface area (Å²) in [7, 11) is 0. The summed E-state index contributed by atoms with van der Waals surface area (Å²) in [5, 5.41) is 10.4. The zero-order valence-electron chi connectivity index (χ0n) is 16.6. The van der Waals surface area contributed by atoms with E-state index in [4.69, 9.17) is 27.9 Å². The number of carbonyl (C=O) groups is 1. The molecule has 0 saturated carbocycles. The number of anilines is 1. The highest BCUT2D eigenvalue weighted by molar-refractivity contribution is 7.12. The largest absolute Gasteiger partial charge is 0.487 e. The van der Waals surface area contributed by atoms with Gasteiger partial charge >= 0.3 is 0 Å². The van der Waals surface area contributed by atoms with E-state index < -0.39 is 0 Å². The average Bonchev–Trinajstić information content (AvgIpc) is 3.40. The van der Waals surface area contributed by atoms with Gasteiger partial charge in [-0.05, 0) is 53.8 Å². The van der Waals surface area contributed by atoms with Gasteiger partial charge in [0, 0.05) is 16.8 Å². The second-order valence-corrected chi connectivity index (χ2v) is 8.80. The number of amides is 1. The molecule has 1 amide bonds. The lowest BCUT2D eigenvalue weighted by Crippen LogP contribution is -2.09. The van der Waals surface area contributed by atoms with E-state index in [9.17, 15) is 4.79 Å². The van der Waals surface area contributed by atoms with E-state index in [-0.39, 0.29) is 5.91 Å². The summed E-state index contributed by atoms with van der Waals surface area (Å²) < 4.78 is 7.57. The zero-order chi connectivity index (χ0) is 21.8. The number of rotatable bonds is 7. The molecule has 0 radical (unpaired) electrons. The van der Waals surface area contributed by atoms with Gasteiger partial charge in [-0.1, -0.05) is 41.4 Å². The van der Waals surface area contributed by atoms with Gasteiger partial charge in [0.05, 0.1) is 28.3 Å². The smallest absolute Gasteiger partial charge is 0.265 e. The lowest BCUT2D eigenvalue weighted by Gasteiger charge is -2.07. The van der Waals surface area contributed by atoms with Gasteiger partial charge in [0.15, 0.2) is 0 Å². The van der Waals surface area contributed by atoms with E-state index in [1.807, 2.05) is 60.8 Å². The highest BCUT2D eigenvalue weighted by Gasteiger charge is 2.12. The highest BCUT2D eigenvalue weighted by atomic mass is 35.5. The molecule has 2 aromatic carbocycles. The fourth-order valence-electron chi connectivity index (χ4n) is 2.94. The number of halogens is 2. The first-order valence-corrected chi connectivity index (χ1v) is 11.1. The Bertz CT molecular complexity index is 1200. The topological polar surface area (TPSA) is 56.1 Å². The van der Waals surface area contributed by atoms with Crippen LogP contribution < -0.4 is 10.1 Å². The molecule has 2 heterocycles. The maximum Gasteiger partial charge on any atom is 0.265 e. The number of hydrogen-bond acceptors (Lipinski definition) is 4. The number of aryl methyl sites for hydroxylation is 1. The van der Waals surface area contributed by atoms with Crippen LogP contribution >= 0.6 is 34.5 Å². The van der Waals surface area contributed by atoms with Crippen LogP contribution in [0.15, 0.2) is 66.3 Å². The monoisotopic (exact) mass is 471 g/mol. The van der Waals surface area contributed by atoms with E-state index in [1.165, 1.54) is 11.3 Å². The molecule has 1 N–H and O–H groups in total. The number of carbonyl (C=O) groups excluding carboxylic acids is 1. The molecule has 158 valence electrons. The predicted octanol–water partition coefficient (Wildman–Crippen LogP) is 6.44. The maximum absolute atomic E-state index is 12.6. The van der Waals surface area contributed by atoms with Gasteiger partial charge in [-0.25, -0.2) is 0 Å². The van der Waals surface area contributed by atoms with Gasteiger partial charge in [-0.2, -0.15) is 5.10 Å². The van der Waals surface area contributed by atoms with Crippen molar-refractivity contribution in [2.75, 3.05) is 5.32 Å². The average molecular weight is 472 g/mol. The molecule has 0 aliphatic rings. The first kappa shape index (κ1) is 21.4. The van der Waals surface area contributed by atoms with Crippen LogP contribution in [0.4, 0.5) is 5.69 Å². The van der Waals surface area contributed by atoms with Crippen molar-refractivity contribution in [2.24, 2.45) is 0 Å². The molecule has 0 spiro atoms. The number of nitrogens with zero attached hydrogens (tertiary/aromatic N) is 2. The van der Waals surface area contributed by atoms with Crippen molar-refractivity contribution in [2.45, 2.75) is 20.1 Å². The SMILES string of the molecule is Cc1ccc(Cl)c(OCc2csc(C(=O)Nc3cnn(Cc4ccc(Cl)cc4)c3)c2)c1. The molecule has 0 aliphatic carbocycles. The summed E-state index contributed by atoms with van der Waals surface area (Å²) in [6.45, 7) is 2.91. The molecule has 5 nitrogen and oxygen atoms in total. The standard InChI is InChI=1S/C23H19Cl2N3O2S/c1-15-2-7-20(25)21(8-15)30-13-17-9-22(31-14-17)23(29)27-19-10-26-28(12-19)11-16-3-5-18(24)6-4-16/h2-10,12,14H,11,13H2,1H3,(H,27,29). The molecule has 0 bridgehead atoms. The van der Waals surface area contributed by atoms with Crippen molar-refractivity contribution in [1.29, 1.82) is 0 Å². The van der Waals surface area contributed by atoms with E-state index in [0.29, 0.717) is 39.5 Å². The summed E-state index contributed by atoms with van der Waals surface area (Å²) in [4.78, 5) is 13.2. The van der Waals surface area contributed by atoms with Crippen LogP contribution in [0, 0.1) is 6.92 Å². The van der Waals surface area contributed by atoms with Crippen molar-refractivity contribution in [3.05, 3.63) is 97.9 Å². The van der Waals surface area contributed by atoms with Crippen LogP contribution in [0.3, 0.4) is 0 Å². The number of benzene rings is 2. The summed E-state index contributed by atoms with van der Waals surface area (Å²) in [5.74, 6) is 0.447. The van der Waals surface area contributed by atoms with E-state index >= 15 is 0 Å². The molecule has 0 saturated heterocycles. The van der Waals surface area contributed by atoms with Gasteiger partial charge in [0.2, 0.25) is 0 Å². The molecule has 31 heavy (non-hydrogen) atoms. The molecule has 0 atom stereocenters. The Morgan fingerprint density at radius 3 is 2.74 bits per heavy atom. The molecule has 8 heteroatoms. The minimum atomic E-state index is -0.184. The Morgan fingerprint density at radius 2 is 1.94 bits per heavy atom. The lowest BCUT2D eigenvalue weighted by atomic mass is 10.2. The number of thiophene rings is 1. The Kier molecular flexibility index (Phi) is 6.61. The lowest BCUT2D eigenvalue weighted by molar-refractivity contribution is 0.103. The van der Waals surface area contributed by atoms with E-state index in [1.54, 1.807) is 17.1 Å². The van der Waals surface area contributed by atoms with Crippen LogP contribution in [0.2, 0.25) is 10.0 Å². The third-order valence-corrected chi connectivity index (χ3v) is 6.05. The Morgan fingerprint density at radius 1 is 1.13 bits per heavy atom. The van der Waals surface area contributed by atoms with Gasteiger partial charge < -0.3 is 10.1 Å². The van der Waals surface area contributed by atoms with Crippen molar-refractivity contribution in [3.63, 3.8) is 0 Å². The second kappa shape index (κ2) is 9.56. The molecular weight excluding hydrogens is 453 g/mol. The Balaban J connectivity index is 1.34. The molecule has 0 aliphatic heterocycles. The summed E-state index contributed by atoms with van der Waals surface area (Å²) in [6, 6.07) is 15.0. The fourth-order valence-corrected chi connectivity index (χ4v) is 4.03. The predicted molar refractivity (Wildman–Crippen MR) is 126 cm³/mol. The molecular formula is C23H19Cl2N3O2S. The van der Waals surface area contributed by atoms with Crippen LogP contribution in [-0.4, -0.2) is 15.7 Å². The molecule has 4 aromatic rings. The second-order valence-electron chi connectivity index (χ2n) is 7.05. The van der Waals surface area contributed by atoms with E-state index in [2.05, 4.69) is 10.4 Å². The van der Waals surface area contributed by atoms with Crippen molar-refractivity contribution in [3.8, 4) is 5.75 Å². The third kappa shape index (κ3) is 5.67. The van der Waals surface area contributed by atoms with Crippen molar-refractivity contribution < 1.29 is 9.53 Å². The van der Waals surface area contributed by atoms with Gasteiger partial charge in [-0.15, -0.1) is 11.3 Å². The van der Waals surface area contributed by atoms with Crippen LogP contribution in [0.25, 0.3) is 0 Å². The number of hydrogen-bond donors (Lipinski definition) is 1. The molecule has 4 rings (SSSR count). The van der Waals surface area contributed by atoms with Crippen LogP contribution in [0.1, 0.15) is 26.4 Å². The first-order valence-electron chi connectivity index (χ1n) is 9.51. The van der Waals surface area contributed by atoms with Crippen LogP contribution in [0.5, 0.6) is 5.75 Å². The summed E-state index contributed by atoms with van der Waals surface area (Å²) in [6.07, 6.45) is 3.43.